The maximum absolute atomic E-state index is 12.1. The Labute approximate surface area is 138 Å². The van der Waals surface area contributed by atoms with Gasteiger partial charge >= 0.3 is 6.03 Å². The molecule has 0 saturated heterocycles. The highest BCUT2D eigenvalue weighted by Gasteiger charge is 2.23. The van der Waals surface area contributed by atoms with Gasteiger partial charge in [-0.2, -0.15) is 0 Å². The Morgan fingerprint density at radius 3 is 2.30 bits per heavy atom. The number of imide groups is 1. The highest BCUT2D eigenvalue weighted by atomic mass is 16.5. The molecule has 0 bridgehead atoms. The van der Waals surface area contributed by atoms with E-state index in [-0.39, 0.29) is 18.0 Å². The van der Waals surface area contributed by atoms with Crippen LogP contribution in [0.5, 0.6) is 5.75 Å². The summed E-state index contributed by atoms with van der Waals surface area (Å²) in [4.78, 5) is 24.7. The zero-order chi connectivity index (χ0) is 17.4. The third-order valence-corrected chi connectivity index (χ3v) is 3.51. The number of hydrogen-bond donors (Lipinski definition) is 3. The van der Waals surface area contributed by atoms with Crippen LogP contribution in [0.3, 0.4) is 0 Å². The first-order valence-corrected chi connectivity index (χ1v) is 7.98. The molecule has 0 heterocycles. The Kier molecular flexibility index (Phi) is 7.54. The van der Waals surface area contributed by atoms with E-state index in [1.165, 1.54) is 0 Å². The number of hydrogen-bond acceptors (Lipinski definition) is 3. The number of carbonyl (C=O) groups is 2. The first-order valence-electron chi connectivity index (χ1n) is 7.98. The fraction of sp³-hybridized carbons (Fsp3) is 0.529. The minimum Gasteiger partial charge on any atom is -0.494 e. The van der Waals surface area contributed by atoms with Gasteiger partial charge in [0.25, 0.3) is 5.91 Å². The van der Waals surface area contributed by atoms with Crippen molar-refractivity contribution in [1.29, 1.82) is 0 Å². The van der Waals surface area contributed by atoms with Crippen molar-refractivity contribution in [2.75, 3.05) is 13.7 Å². The molecule has 3 N–H and O–H groups in total. The van der Waals surface area contributed by atoms with Crippen LogP contribution in [0.4, 0.5) is 4.79 Å². The van der Waals surface area contributed by atoms with Gasteiger partial charge in [-0.25, -0.2) is 4.79 Å². The molecule has 6 nitrogen and oxygen atoms in total. The predicted molar refractivity (Wildman–Crippen MR) is 89.5 cm³/mol. The molecule has 1 aromatic carbocycles. The second-order valence-electron chi connectivity index (χ2n) is 5.94. The lowest BCUT2D eigenvalue weighted by Crippen LogP contribution is -3.12. The second kappa shape index (κ2) is 9.15. The van der Waals surface area contributed by atoms with Gasteiger partial charge in [0.1, 0.15) is 12.3 Å². The van der Waals surface area contributed by atoms with Crippen molar-refractivity contribution >= 4 is 11.9 Å². The van der Waals surface area contributed by atoms with Gasteiger partial charge in [-0.05, 0) is 52.0 Å². The fourth-order valence-electron chi connectivity index (χ4n) is 2.09. The molecule has 0 radical (unpaired) electrons. The number of amides is 3. The van der Waals surface area contributed by atoms with Gasteiger partial charge in [-0.15, -0.1) is 0 Å². The van der Waals surface area contributed by atoms with E-state index in [0.717, 1.165) is 16.2 Å². The summed E-state index contributed by atoms with van der Waals surface area (Å²) in [5.41, 5.74) is 1.11. The van der Waals surface area contributed by atoms with Crippen LogP contribution >= 0.6 is 0 Å². The third-order valence-electron chi connectivity index (χ3n) is 3.51. The summed E-state index contributed by atoms with van der Waals surface area (Å²) in [5.74, 6) is 0.552. The van der Waals surface area contributed by atoms with Gasteiger partial charge < -0.3 is 15.0 Å². The van der Waals surface area contributed by atoms with E-state index in [9.17, 15) is 9.59 Å². The summed E-state index contributed by atoms with van der Waals surface area (Å²) in [7, 11) is 1.93. The van der Waals surface area contributed by atoms with Crippen LogP contribution in [0.25, 0.3) is 0 Å². The largest absolute Gasteiger partial charge is 0.494 e. The van der Waals surface area contributed by atoms with Crippen molar-refractivity contribution in [2.45, 2.75) is 46.3 Å². The van der Waals surface area contributed by atoms with E-state index in [0.29, 0.717) is 13.2 Å². The van der Waals surface area contributed by atoms with Crippen LogP contribution in [-0.4, -0.2) is 37.7 Å². The molecule has 2 atom stereocenters. The highest BCUT2D eigenvalue weighted by Crippen LogP contribution is 2.11. The Balaban J connectivity index is 2.53. The van der Waals surface area contributed by atoms with Crippen LogP contribution in [0.2, 0.25) is 0 Å². The van der Waals surface area contributed by atoms with Crippen LogP contribution in [0.1, 0.15) is 33.3 Å². The molecule has 3 amide bonds. The monoisotopic (exact) mass is 322 g/mol. The maximum Gasteiger partial charge on any atom is 0.321 e. The molecule has 0 fully saturated rings. The highest BCUT2D eigenvalue weighted by molar-refractivity contribution is 5.96. The lowest BCUT2D eigenvalue weighted by molar-refractivity contribution is -0.908. The Morgan fingerprint density at radius 2 is 1.78 bits per heavy atom. The lowest BCUT2D eigenvalue weighted by Gasteiger charge is -2.21. The maximum atomic E-state index is 12.1. The minimum atomic E-state index is -0.453. The van der Waals surface area contributed by atoms with E-state index in [2.05, 4.69) is 10.6 Å². The Bertz CT molecular complexity index is 514. The van der Waals surface area contributed by atoms with Crippen molar-refractivity contribution in [3.63, 3.8) is 0 Å². The lowest BCUT2D eigenvalue weighted by atomic mass is 10.2. The number of carbonyl (C=O) groups excluding carboxylic acids is 2. The zero-order valence-electron chi connectivity index (χ0n) is 14.6. The SMILES string of the molecule is CCOc1ccc(C[NH+](C)[C@H](C)C(=O)NC(=O)NC(C)C)cc1. The molecular weight excluding hydrogens is 294 g/mol. The summed E-state index contributed by atoms with van der Waals surface area (Å²) in [6, 6.07) is 7.03. The average Bonchev–Trinajstić information content (AvgIpc) is 2.47. The predicted octanol–water partition coefficient (Wildman–Crippen LogP) is 0.723. The molecule has 1 rings (SSSR count). The van der Waals surface area contributed by atoms with Crippen LogP contribution in [-0.2, 0) is 11.3 Å². The molecule has 1 aromatic rings. The van der Waals surface area contributed by atoms with Gasteiger partial charge in [0.2, 0.25) is 0 Å². The topological polar surface area (TPSA) is 71.9 Å². The molecule has 0 aliphatic heterocycles. The number of urea groups is 1. The van der Waals surface area contributed by atoms with Gasteiger partial charge in [-0.3, -0.25) is 10.1 Å². The minimum absolute atomic E-state index is 0.00737. The summed E-state index contributed by atoms with van der Waals surface area (Å²) in [6.07, 6.45) is 0. The molecule has 23 heavy (non-hydrogen) atoms. The number of benzene rings is 1. The fourth-order valence-corrected chi connectivity index (χ4v) is 2.09. The number of quaternary nitrogens is 1. The van der Waals surface area contributed by atoms with Crippen molar-refractivity contribution in [1.82, 2.24) is 10.6 Å². The van der Waals surface area contributed by atoms with Crippen molar-refractivity contribution in [3.8, 4) is 5.75 Å². The smallest absolute Gasteiger partial charge is 0.321 e. The molecule has 0 aliphatic rings. The molecule has 0 saturated carbocycles. The molecule has 6 heteroatoms. The standard InChI is InChI=1S/C17H27N3O3/c1-6-23-15-9-7-14(8-10-15)11-20(5)13(4)16(21)19-17(22)18-12(2)3/h7-10,12-13H,6,11H2,1-5H3,(H2,18,19,21,22)/p+1/t13-/m1/s1. The quantitative estimate of drug-likeness (QED) is 0.693. The van der Waals surface area contributed by atoms with E-state index in [4.69, 9.17) is 4.74 Å². The van der Waals surface area contributed by atoms with Crippen molar-refractivity contribution in [3.05, 3.63) is 29.8 Å². The Morgan fingerprint density at radius 1 is 1.17 bits per heavy atom. The van der Waals surface area contributed by atoms with Gasteiger partial charge in [0, 0.05) is 11.6 Å². The normalized spacial score (nSPS) is 13.3. The third kappa shape index (κ3) is 6.69. The van der Waals surface area contributed by atoms with Crippen molar-refractivity contribution < 1.29 is 19.2 Å². The first-order chi connectivity index (χ1) is 10.8. The van der Waals surface area contributed by atoms with Crippen LogP contribution in [0.15, 0.2) is 24.3 Å². The summed E-state index contributed by atoms with van der Waals surface area (Å²) < 4.78 is 5.41. The number of rotatable bonds is 7. The molecule has 1 unspecified atom stereocenters. The zero-order valence-corrected chi connectivity index (χ0v) is 14.6. The molecule has 128 valence electrons. The number of ether oxygens (including phenoxy) is 1. The van der Waals surface area contributed by atoms with Crippen molar-refractivity contribution in [2.24, 2.45) is 0 Å². The summed E-state index contributed by atoms with van der Waals surface area (Å²) in [5, 5.41) is 5.02. The van der Waals surface area contributed by atoms with Gasteiger partial charge in [0.15, 0.2) is 6.04 Å². The van der Waals surface area contributed by atoms with E-state index >= 15 is 0 Å². The van der Waals surface area contributed by atoms with Gasteiger partial charge in [-0.1, -0.05) is 0 Å². The van der Waals surface area contributed by atoms with Crippen LogP contribution in [0, 0.1) is 0 Å². The summed E-state index contributed by atoms with van der Waals surface area (Å²) in [6.45, 7) is 8.77. The van der Waals surface area contributed by atoms with E-state index in [1.807, 2.05) is 59.0 Å². The number of nitrogens with one attached hydrogen (secondary N) is 3. The van der Waals surface area contributed by atoms with Gasteiger partial charge in [0.05, 0.1) is 13.7 Å². The Hall–Kier alpha value is -2.08. The molecular formula is C17H28N3O3+. The van der Waals surface area contributed by atoms with E-state index < -0.39 is 6.03 Å². The average molecular weight is 322 g/mol. The van der Waals surface area contributed by atoms with Crippen LogP contribution < -0.4 is 20.3 Å². The molecule has 0 spiro atoms. The molecule has 0 aliphatic carbocycles. The first kappa shape index (κ1) is 19.0. The summed E-state index contributed by atoms with van der Waals surface area (Å²) >= 11 is 0. The van der Waals surface area contributed by atoms with E-state index in [1.54, 1.807) is 0 Å². The number of likely N-dealkylation sites (N-methyl/N-ethyl adjacent to an activating group) is 1. The second-order valence-corrected chi connectivity index (χ2v) is 5.94. The molecule has 0 aromatic heterocycles.